The van der Waals surface area contributed by atoms with Crippen molar-refractivity contribution in [2.24, 2.45) is 0 Å². The van der Waals surface area contributed by atoms with Crippen molar-refractivity contribution in [2.45, 2.75) is 0 Å². The number of rotatable bonds is 4. The van der Waals surface area contributed by atoms with Gasteiger partial charge in [-0.15, -0.1) is 0 Å². The fraction of sp³-hybridized carbons (Fsp3) is 1.00. The fourth-order valence-corrected chi connectivity index (χ4v) is 3.51. The van der Waals surface area contributed by atoms with Crippen molar-refractivity contribution in [1.82, 2.24) is 4.31 Å². The normalized spacial score (nSPS) is 13.7. The predicted molar refractivity (Wildman–Crippen MR) is 48.6 cm³/mol. The molecule has 0 saturated heterocycles. The van der Waals surface area contributed by atoms with Crippen LogP contribution in [0.25, 0.3) is 0 Å². The average molecular weight is 202 g/mol. The Bertz CT molecular complexity index is 192. The van der Waals surface area contributed by atoms with Crippen LogP contribution in [-0.4, -0.2) is 38.1 Å². The van der Waals surface area contributed by atoms with Crippen molar-refractivity contribution >= 4 is 31.6 Å². The molecule has 0 aromatic carbocycles. The molecule has 0 atom stereocenters. The molecule has 0 amide bonds. The van der Waals surface area contributed by atoms with Crippen LogP contribution in [-0.2, 0) is 10.0 Å². The van der Waals surface area contributed by atoms with Crippen molar-refractivity contribution in [2.75, 3.05) is 25.4 Å². The first kappa shape index (κ1) is 8.70. The molecule has 0 aliphatic rings. The minimum absolute atomic E-state index is 0.0452. The van der Waals surface area contributed by atoms with E-state index in [1.165, 1.54) is 40.0 Å². The highest BCUT2D eigenvalue weighted by molar-refractivity contribution is 8.77. The van der Waals surface area contributed by atoms with Crippen molar-refractivity contribution in [3.63, 3.8) is 0 Å². The highest BCUT2D eigenvalue weighted by Crippen LogP contribution is 2.19. The van der Waals surface area contributed by atoms with Gasteiger partial charge in [-0.25, -0.2) is 12.7 Å². The van der Waals surface area contributed by atoms with E-state index in [0.29, 0.717) is 0 Å². The molecule has 0 rings (SSSR count). The van der Waals surface area contributed by atoms with Crippen LogP contribution < -0.4 is 0 Å². The Kier molecular flexibility index (Phi) is 3.90. The zero-order chi connectivity index (χ0) is 8.91. The molecule has 0 aromatic heterocycles. The van der Waals surface area contributed by atoms with Gasteiger partial charge in [0.15, 0.2) is 0 Å². The van der Waals surface area contributed by atoms with Gasteiger partial charge in [0, 0.05) is 15.5 Å². The van der Waals surface area contributed by atoms with E-state index in [2.05, 4.69) is 0 Å². The zero-order valence-corrected chi connectivity index (χ0v) is 8.35. The Morgan fingerprint density at radius 3 is 2.60 bits per heavy atom. The van der Waals surface area contributed by atoms with E-state index in [0.717, 1.165) is 0 Å². The molecule has 0 heterocycles. The summed E-state index contributed by atoms with van der Waals surface area (Å²) in [5.41, 5.74) is 0. The third-order valence-electron chi connectivity index (χ3n) is 0.837. The molecule has 0 spiro atoms. The maximum absolute atomic E-state index is 11.0. The predicted octanol–water partition coefficient (Wildman–Crippen LogP) is 0.847. The highest BCUT2D eigenvalue weighted by atomic mass is 33.1. The Balaban J connectivity index is 3.75. The topological polar surface area (TPSA) is 37.4 Å². The summed E-state index contributed by atoms with van der Waals surface area (Å²) in [5, 5.41) is 0.0452. The van der Waals surface area contributed by atoms with E-state index >= 15 is 0 Å². The van der Waals surface area contributed by atoms with Crippen LogP contribution in [0.5, 0.6) is 0 Å². The molecule has 0 aromatic rings. The van der Waals surface area contributed by atoms with Crippen LogP contribution in [0.15, 0.2) is 0 Å². The maximum Gasteiger partial charge on any atom is 0.223 e. The molecule has 0 aliphatic heterocycles. The summed E-state index contributed by atoms with van der Waals surface area (Å²) in [4.78, 5) is 0. The lowest BCUT2D eigenvalue weighted by atomic mass is 11.3. The second kappa shape index (κ2) is 4.48. The molecule has 62 valence electrons. The van der Waals surface area contributed by atoms with E-state index in [9.17, 15) is 8.42 Å². The Labute approximate surface area is 71.4 Å². The number of hydrogen-bond acceptors (Lipinski definition) is 4. The molecule has 0 unspecified atom stereocenters. The van der Waals surface area contributed by atoms with Gasteiger partial charge in [0.1, 0.15) is 5.08 Å². The van der Waals surface area contributed by atoms with Gasteiger partial charge in [0.2, 0.25) is 10.0 Å². The lowest BCUT2D eigenvalue weighted by Crippen LogP contribution is -2.23. The first-order valence-electron chi connectivity index (χ1n) is 3.15. The molecule has 10 heavy (non-hydrogen) atoms. The quantitative estimate of drug-likeness (QED) is 0.500. The van der Waals surface area contributed by atoms with Gasteiger partial charge in [-0.05, 0) is 6.23 Å². The van der Waals surface area contributed by atoms with E-state index in [1.807, 2.05) is 0 Å². The molecule has 0 radical (unpaired) electrons. The molecular formula is C4H11NO2S3. The SMILES string of the molecule is [2H]CSSCS(=O)(=O)N(C)C. The van der Waals surface area contributed by atoms with Crippen molar-refractivity contribution in [1.29, 1.82) is 0 Å². The summed E-state index contributed by atoms with van der Waals surface area (Å²) in [6.07, 6.45) is 0.188. The molecule has 0 aliphatic carbocycles. The van der Waals surface area contributed by atoms with Crippen LogP contribution in [0.1, 0.15) is 1.37 Å². The minimum atomic E-state index is -3.08. The molecule has 6 heteroatoms. The third kappa shape index (κ3) is 3.70. The summed E-state index contributed by atoms with van der Waals surface area (Å²) in [5.74, 6) is 0. The van der Waals surface area contributed by atoms with E-state index in [-0.39, 0.29) is 11.3 Å². The van der Waals surface area contributed by atoms with Crippen molar-refractivity contribution in [3.05, 3.63) is 0 Å². The molecule has 0 bridgehead atoms. The first-order chi connectivity index (χ1) is 5.00. The smallest absolute Gasteiger partial charge is 0.211 e. The molecule has 0 fully saturated rings. The summed E-state index contributed by atoms with van der Waals surface area (Å²) < 4.78 is 30.0. The summed E-state index contributed by atoms with van der Waals surface area (Å²) in [7, 11) is 2.34. The molecule has 3 nitrogen and oxygen atoms in total. The summed E-state index contributed by atoms with van der Waals surface area (Å²) in [6, 6.07) is 0. The second-order valence-electron chi connectivity index (χ2n) is 1.75. The van der Waals surface area contributed by atoms with Gasteiger partial charge in [-0.2, -0.15) is 0 Å². The second-order valence-corrected chi connectivity index (χ2v) is 6.47. The molecule has 0 saturated carbocycles. The highest BCUT2D eigenvalue weighted by Gasteiger charge is 2.12. The van der Waals surface area contributed by atoms with E-state index < -0.39 is 10.0 Å². The lowest BCUT2D eigenvalue weighted by molar-refractivity contribution is 0.526. The van der Waals surface area contributed by atoms with Crippen LogP contribution in [0.3, 0.4) is 0 Å². The van der Waals surface area contributed by atoms with Gasteiger partial charge < -0.3 is 0 Å². The standard InChI is InChI=1S/C4H11NO2S3/c1-5(2)10(6,7)4-9-8-3/h4H2,1-3H3/i3D. The average Bonchev–Trinajstić information content (AvgIpc) is 1.88. The van der Waals surface area contributed by atoms with Gasteiger partial charge in [-0.1, -0.05) is 21.6 Å². The molecule has 0 N–H and O–H groups in total. The zero-order valence-electron chi connectivity index (χ0n) is 6.90. The largest absolute Gasteiger partial charge is 0.223 e. The van der Waals surface area contributed by atoms with Gasteiger partial charge in [-0.3, -0.25) is 0 Å². The van der Waals surface area contributed by atoms with Gasteiger partial charge in [0.05, 0.1) is 0 Å². The van der Waals surface area contributed by atoms with Crippen LogP contribution in [0.2, 0.25) is 0 Å². The summed E-state index contributed by atoms with van der Waals surface area (Å²) >= 11 is 0. The number of sulfonamides is 1. The lowest BCUT2D eigenvalue weighted by Gasteiger charge is -2.08. The van der Waals surface area contributed by atoms with E-state index in [1.54, 1.807) is 0 Å². The first-order valence-corrected chi connectivity index (χ1v) is 6.54. The summed E-state index contributed by atoms with van der Waals surface area (Å²) in [6.45, 7) is 0. The minimum Gasteiger partial charge on any atom is -0.211 e. The maximum atomic E-state index is 11.0. The molecular weight excluding hydrogens is 190 g/mol. The number of nitrogens with zero attached hydrogens (tertiary/aromatic N) is 1. The number of hydrogen-bond donors (Lipinski definition) is 0. The van der Waals surface area contributed by atoms with Crippen molar-refractivity contribution < 1.29 is 9.79 Å². The monoisotopic (exact) mass is 202 g/mol. The Morgan fingerprint density at radius 2 is 2.20 bits per heavy atom. The van der Waals surface area contributed by atoms with Crippen LogP contribution in [0.4, 0.5) is 0 Å². The van der Waals surface area contributed by atoms with Crippen LogP contribution in [0, 0.1) is 0 Å². The van der Waals surface area contributed by atoms with Crippen LogP contribution >= 0.6 is 21.6 Å². The van der Waals surface area contributed by atoms with Gasteiger partial charge >= 0.3 is 0 Å². The fourth-order valence-electron chi connectivity index (χ4n) is 0.200. The Morgan fingerprint density at radius 1 is 1.60 bits per heavy atom. The third-order valence-corrected chi connectivity index (χ3v) is 5.06. The van der Waals surface area contributed by atoms with Crippen molar-refractivity contribution in [3.8, 4) is 0 Å². The Hall–Kier alpha value is 0.610. The van der Waals surface area contributed by atoms with Gasteiger partial charge in [0.25, 0.3) is 0 Å². The van der Waals surface area contributed by atoms with E-state index in [4.69, 9.17) is 1.37 Å².